The van der Waals surface area contributed by atoms with Crippen LogP contribution in [0, 0.1) is 0 Å². The fraction of sp³-hybridized carbons (Fsp3) is 0.615. The molecule has 1 heterocycles. The smallest absolute Gasteiger partial charge is 0.407 e. The van der Waals surface area contributed by atoms with Crippen LogP contribution >= 0.6 is 0 Å². The van der Waals surface area contributed by atoms with Gasteiger partial charge in [0.15, 0.2) is 0 Å². The summed E-state index contributed by atoms with van der Waals surface area (Å²) in [5.74, 6) is 0.874. The van der Waals surface area contributed by atoms with E-state index in [0.717, 1.165) is 5.76 Å². The van der Waals surface area contributed by atoms with Crippen molar-refractivity contribution in [1.82, 2.24) is 10.6 Å². The molecule has 1 unspecified atom stereocenters. The summed E-state index contributed by atoms with van der Waals surface area (Å²) in [7, 11) is 0. The predicted molar refractivity (Wildman–Crippen MR) is 69.2 cm³/mol. The molecule has 0 bridgehead atoms. The molecular weight excluding hydrogens is 232 g/mol. The van der Waals surface area contributed by atoms with E-state index in [1.165, 1.54) is 0 Å². The molecule has 0 aromatic carbocycles. The maximum atomic E-state index is 11.4. The van der Waals surface area contributed by atoms with E-state index < -0.39 is 11.7 Å². The molecule has 2 N–H and O–H groups in total. The van der Waals surface area contributed by atoms with E-state index >= 15 is 0 Å². The van der Waals surface area contributed by atoms with E-state index in [1.54, 1.807) is 6.26 Å². The largest absolute Gasteiger partial charge is 0.468 e. The number of rotatable bonds is 5. The summed E-state index contributed by atoms with van der Waals surface area (Å²) in [5.41, 5.74) is -0.463. The van der Waals surface area contributed by atoms with Crippen molar-refractivity contribution in [3.63, 3.8) is 0 Å². The van der Waals surface area contributed by atoms with Gasteiger partial charge in [-0.25, -0.2) is 4.79 Å². The lowest BCUT2D eigenvalue weighted by atomic mass is 10.2. The van der Waals surface area contributed by atoms with Crippen LogP contribution in [0.15, 0.2) is 22.8 Å². The Balaban J connectivity index is 2.17. The van der Waals surface area contributed by atoms with Crippen molar-refractivity contribution in [2.45, 2.75) is 45.9 Å². The first-order valence-electron chi connectivity index (χ1n) is 6.09. The number of nitrogens with one attached hydrogen (secondary N) is 2. The number of ether oxygens (including phenoxy) is 1. The zero-order valence-electron chi connectivity index (χ0n) is 11.4. The third-order valence-electron chi connectivity index (χ3n) is 2.16. The molecule has 1 aromatic heterocycles. The summed E-state index contributed by atoms with van der Waals surface area (Å²) in [6.07, 6.45) is 1.25. The molecule has 1 rings (SSSR count). The van der Waals surface area contributed by atoms with Crippen molar-refractivity contribution in [3.8, 4) is 0 Å². The molecule has 1 aromatic rings. The van der Waals surface area contributed by atoms with E-state index in [-0.39, 0.29) is 6.04 Å². The highest BCUT2D eigenvalue weighted by atomic mass is 16.6. The van der Waals surface area contributed by atoms with Crippen LogP contribution in [-0.4, -0.2) is 24.3 Å². The molecule has 102 valence electrons. The van der Waals surface area contributed by atoms with E-state index in [2.05, 4.69) is 10.6 Å². The van der Waals surface area contributed by atoms with E-state index in [0.29, 0.717) is 13.1 Å². The Morgan fingerprint density at radius 3 is 2.78 bits per heavy atom. The van der Waals surface area contributed by atoms with Gasteiger partial charge in [-0.05, 0) is 39.8 Å². The van der Waals surface area contributed by atoms with Gasteiger partial charge in [-0.3, -0.25) is 0 Å². The zero-order valence-corrected chi connectivity index (χ0v) is 11.4. The topological polar surface area (TPSA) is 63.5 Å². The van der Waals surface area contributed by atoms with Gasteiger partial charge < -0.3 is 19.8 Å². The Morgan fingerprint density at radius 1 is 1.50 bits per heavy atom. The molecule has 1 amide bonds. The van der Waals surface area contributed by atoms with Crippen molar-refractivity contribution in [2.75, 3.05) is 6.54 Å². The molecule has 5 heteroatoms. The number of alkyl carbamates (subject to hydrolysis) is 1. The third kappa shape index (κ3) is 6.30. The Morgan fingerprint density at radius 2 is 2.22 bits per heavy atom. The molecule has 0 saturated carbocycles. The molecule has 1 atom stereocenters. The fourth-order valence-electron chi connectivity index (χ4n) is 1.31. The van der Waals surface area contributed by atoms with Crippen LogP contribution in [0.3, 0.4) is 0 Å². The van der Waals surface area contributed by atoms with E-state index in [1.807, 2.05) is 39.8 Å². The second kappa shape index (κ2) is 6.44. The van der Waals surface area contributed by atoms with Crippen LogP contribution in [0.25, 0.3) is 0 Å². The molecule has 0 aliphatic heterocycles. The number of hydrogen-bond donors (Lipinski definition) is 2. The SMILES string of the molecule is CC(CNC(=O)OC(C)(C)C)NCc1ccco1. The van der Waals surface area contributed by atoms with Crippen LogP contribution in [0.4, 0.5) is 4.79 Å². The van der Waals surface area contributed by atoms with Crippen molar-refractivity contribution < 1.29 is 13.9 Å². The summed E-state index contributed by atoms with van der Waals surface area (Å²) in [4.78, 5) is 11.4. The van der Waals surface area contributed by atoms with Gasteiger partial charge in [0.2, 0.25) is 0 Å². The predicted octanol–water partition coefficient (Wildman–Crippen LogP) is 2.28. The lowest BCUT2D eigenvalue weighted by Crippen LogP contribution is -2.40. The highest BCUT2D eigenvalue weighted by Gasteiger charge is 2.16. The van der Waals surface area contributed by atoms with Crippen molar-refractivity contribution >= 4 is 6.09 Å². The third-order valence-corrected chi connectivity index (χ3v) is 2.16. The standard InChI is InChI=1S/C13H22N2O3/c1-10(14-9-11-6-5-7-17-11)8-15-12(16)18-13(2,3)4/h5-7,10,14H,8-9H2,1-4H3,(H,15,16). The second-order valence-electron chi connectivity index (χ2n) is 5.24. The number of carbonyl (C=O) groups is 1. The summed E-state index contributed by atoms with van der Waals surface area (Å²) in [5, 5.41) is 5.95. The van der Waals surface area contributed by atoms with Crippen molar-refractivity contribution in [1.29, 1.82) is 0 Å². The quantitative estimate of drug-likeness (QED) is 0.846. The first-order valence-corrected chi connectivity index (χ1v) is 6.09. The van der Waals surface area contributed by atoms with Gasteiger partial charge in [0.1, 0.15) is 11.4 Å². The molecular formula is C13H22N2O3. The minimum atomic E-state index is -0.463. The van der Waals surface area contributed by atoms with Gasteiger partial charge in [0.25, 0.3) is 0 Å². The maximum absolute atomic E-state index is 11.4. The van der Waals surface area contributed by atoms with Crippen LogP contribution < -0.4 is 10.6 Å². The fourth-order valence-corrected chi connectivity index (χ4v) is 1.31. The molecule has 5 nitrogen and oxygen atoms in total. The monoisotopic (exact) mass is 254 g/mol. The van der Waals surface area contributed by atoms with Gasteiger partial charge >= 0.3 is 6.09 Å². The average Bonchev–Trinajstić information content (AvgIpc) is 2.74. The first kappa shape index (κ1) is 14.6. The van der Waals surface area contributed by atoms with Gasteiger partial charge in [0, 0.05) is 12.6 Å². The number of carbonyl (C=O) groups excluding carboxylic acids is 1. The molecule has 0 saturated heterocycles. The minimum Gasteiger partial charge on any atom is -0.468 e. The molecule has 0 radical (unpaired) electrons. The number of hydrogen-bond acceptors (Lipinski definition) is 4. The first-order chi connectivity index (χ1) is 8.37. The second-order valence-corrected chi connectivity index (χ2v) is 5.24. The molecule has 18 heavy (non-hydrogen) atoms. The molecule has 0 spiro atoms. The summed E-state index contributed by atoms with van der Waals surface area (Å²) < 4.78 is 10.3. The van der Waals surface area contributed by atoms with Crippen LogP contribution in [0.1, 0.15) is 33.5 Å². The summed E-state index contributed by atoms with van der Waals surface area (Å²) in [6.45, 7) is 8.65. The Hall–Kier alpha value is -1.49. The molecule has 0 aliphatic carbocycles. The normalized spacial score (nSPS) is 13.1. The maximum Gasteiger partial charge on any atom is 0.407 e. The number of amides is 1. The highest BCUT2D eigenvalue weighted by molar-refractivity contribution is 5.67. The lowest BCUT2D eigenvalue weighted by molar-refractivity contribution is 0.0523. The van der Waals surface area contributed by atoms with Gasteiger partial charge in [0.05, 0.1) is 12.8 Å². The summed E-state index contributed by atoms with van der Waals surface area (Å²) in [6, 6.07) is 3.89. The van der Waals surface area contributed by atoms with E-state index in [9.17, 15) is 4.79 Å². The lowest BCUT2D eigenvalue weighted by Gasteiger charge is -2.21. The van der Waals surface area contributed by atoms with Gasteiger partial charge in [-0.1, -0.05) is 0 Å². The van der Waals surface area contributed by atoms with Gasteiger partial charge in [-0.15, -0.1) is 0 Å². The van der Waals surface area contributed by atoms with Crippen LogP contribution in [-0.2, 0) is 11.3 Å². The summed E-state index contributed by atoms with van der Waals surface area (Å²) >= 11 is 0. The molecule has 0 fully saturated rings. The zero-order chi connectivity index (χ0) is 13.6. The van der Waals surface area contributed by atoms with Crippen molar-refractivity contribution in [3.05, 3.63) is 24.2 Å². The Kier molecular flexibility index (Phi) is 5.22. The minimum absolute atomic E-state index is 0.141. The average molecular weight is 254 g/mol. The van der Waals surface area contributed by atoms with Crippen LogP contribution in [0.5, 0.6) is 0 Å². The van der Waals surface area contributed by atoms with Crippen LogP contribution in [0.2, 0.25) is 0 Å². The molecule has 0 aliphatic rings. The Labute approximate surface area is 108 Å². The highest BCUT2D eigenvalue weighted by Crippen LogP contribution is 2.06. The Bertz CT molecular complexity index is 355. The van der Waals surface area contributed by atoms with E-state index in [4.69, 9.17) is 9.15 Å². The van der Waals surface area contributed by atoms with Crippen molar-refractivity contribution in [2.24, 2.45) is 0 Å². The van der Waals surface area contributed by atoms with Gasteiger partial charge in [-0.2, -0.15) is 0 Å². The number of furan rings is 1.